The zero-order chi connectivity index (χ0) is 9.68. The zero-order valence-corrected chi connectivity index (χ0v) is 8.54. The van der Waals surface area contributed by atoms with Gasteiger partial charge in [0.15, 0.2) is 4.34 Å². The van der Waals surface area contributed by atoms with Crippen molar-refractivity contribution < 1.29 is 4.79 Å². The number of carbonyl (C=O) groups is 1. The first-order valence-corrected chi connectivity index (χ1v) is 5.30. The Morgan fingerprint density at radius 1 is 1.77 bits per heavy atom. The molecule has 0 unspecified atom stereocenters. The summed E-state index contributed by atoms with van der Waals surface area (Å²) in [6.07, 6.45) is 4.87. The van der Waals surface area contributed by atoms with Gasteiger partial charge in [0.25, 0.3) is 0 Å². The van der Waals surface area contributed by atoms with Gasteiger partial charge in [-0.1, -0.05) is 30.0 Å². The second kappa shape index (κ2) is 4.84. The lowest BCUT2D eigenvalue weighted by atomic mass is 10.6. The van der Waals surface area contributed by atoms with E-state index < -0.39 is 5.91 Å². The van der Waals surface area contributed by atoms with Crippen molar-refractivity contribution in [3.05, 3.63) is 0 Å². The Bertz CT molecular complexity index is 342. The van der Waals surface area contributed by atoms with Gasteiger partial charge in [-0.2, -0.15) is 0 Å². The summed E-state index contributed by atoms with van der Waals surface area (Å²) in [6.45, 7) is 2.02. The Balaban J connectivity index is 2.59. The molecule has 1 rings (SSSR count). The van der Waals surface area contributed by atoms with Crippen molar-refractivity contribution >= 4 is 34.1 Å². The maximum atomic E-state index is 10.7. The number of nitrogens with zero attached hydrogens (tertiary/aromatic N) is 2. The number of thioether (sulfide) groups is 1. The highest BCUT2D eigenvalue weighted by Gasteiger charge is 2.05. The molecule has 0 aromatic carbocycles. The molecule has 1 heterocycles. The fraction of sp³-hybridized carbons (Fsp3) is 0.286. The number of terminal acetylenes is 1. The molecule has 0 aliphatic rings. The summed E-state index contributed by atoms with van der Waals surface area (Å²) in [5, 5.41) is 10.5. The number of anilines is 1. The fourth-order valence-corrected chi connectivity index (χ4v) is 2.22. The Morgan fingerprint density at radius 2 is 2.54 bits per heavy atom. The number of hydrogen-bond donors (Lipinski definition) is 1. The molecule has 1 amide bonds. The third kappa shape index (κ3) is 3.05. The Labute approximate surface area is 84.1 Å². The van der Waals surface area contributed by atoms with Crippen molar-refractivity contribution in [1.82, 2.24) is 10.2 Å². The van der Waals surface area contributed by atoms with Crippen LogP contribution in [0, 0.1) is 12.3 Å². The first-order chi connectivity index (χ1) is 6.26. The molecule has 0 fully saturated rings. The molecule has 0 saturated heterocycles. The summed E-state index contributed by atoms with van der Waals surface area (Å²) < 4.78 is 0.829. The van der Waals surface area contributed by atoms with E-state index in [9.17, 15) is 4.79 Å². The fourth-order valence-electron chi connectivity index (χ4n) is 0.575. The summed E-state index contributed by atoms with van der Waals surface area (Å²) in [4.78, 5) is 10.7. The second-order valence-corrected chi connectivity index (χ2v) is 4.39. The lowest BCUT2D eigenvalue weighted by Crippen LogP contribution is -2.07. The van der Waals surface area contributed by atoms with Crippen LogP contribution < -0.4 is 5.32 Å². The topological polar surface area (TPSA) is 54.9 Å². The van der Waals surface area contributed by atoms with Crippen LogP contribution in [0.25, 0.3) is 0 Å². The van der Waals surface area contributed by atoms with E-state index in [4.69, 9.17) is 6.42 Å². The van der Waals surface area contributed by atoms with Crippen LogP contribution >= 0.6 is 23.1 Å². The first-order valence-electron chi connectivity index (χ1n) is 3.50. The normalized spacial score (nSPS) is 9.23. The summed E-state index contributed by atoms with van der Waals surface area (Å²) in [6, 6.07) is 0. The summed E-state index contributed by atoms with van der Waals surface area (Å²) in [7, 11) is 0. The molecule has 1 aromatic rings. The first kappa shape index (κ1) is 10.0. The predicted octanol–water partition coefficient (Wildman–Crippen LogP) is 1.22. The highest BCUT2D eigenvalue weighted by molar-refractivity contribution is 8.01. The molecular weight excluding hydrogens is 206 g/mol. The van der Waals surface area contributed by atoms with Gasteiger partial charge in [-0.05, 0) is 11.7 Å². The molecule has 6 heteroatoms. The maximum absolute atomic E-state index is 10.7. The maximum Gasteiger partial charge on any atom is 0.301 e. The quantitative estimate of drug-likeness (QED) is 0.466. The minimum atomic E-state index is -0.496. The molecule has 4 nitrogen and oxygen atoms in total. The van der Waals surface area contributed by atoms with Crippen molar-refractivity contribution in [2.24, 2.45) is 0 Å². The van der Waals surface area contributed by atoms with Crippen LogP contribution in [0.4, 0.5) is 5.13 Å². The number of hydrogen-bond acceptors (Lipinski definition) is 5. The second-order valence-electron chi connectivity index (χ2n) is 1.90. The van der Waals surface area contributed by atoms with Crippen molar-refractivity contribution in [2.75, 3.05) is 11.1 Å². The average molecular weight is 213 g/mol. The third-order valence-electron chi connectivity index (χ3n) is 1.03. The van der Waals surface area contributed by atoms with E-state index in [1.165, 1.54) is 11.3 Å². The van der Waals surface area contributed by atoms with Crippen LogP contribution in [0.2, 0.25) is 0 Å². The molecule has 13 heavy (non-hydrogen) atoms. The van der Waals surface area contributed by atoms with Gasteiger partial charge in [0.05, 0.1) is 0 Å². The SMILES string of the molecule is C#CC(=O)Nc1nnc(SCC)s1. The predicted molar refractivity (Wildman–Crippen MR) is 53.8 cm³/mol. The van der Waals surface area contributed by atoms with E-state index in [1.807, 2.05) is 12.8 Å². The van der Waals surface area contributed by atoms with E-state index in [1.54, 1.807) is 11.8 Å². The number of amides is 1. The lowest BCUT2D eigenvalue weighted by Gasteiger charge is -1.89. The zero-order valence-electron chi connectivity index (χ0n) is 6.90. The van der Waals surface area contributed by atoms with Crippen LogP contribution in [0.3, 0.4) is 0 Å². The molecular formula is C7H7N3OS2. The Morgan fingerprint density at radius 3 is 3.15 bits per heavy atom. The number of rotatable bonds is 3. The highest BCUT2D eigenvalue weighted by atomic mass is 32.2. The van der Waals surface area contributed by atoms with Crippen molar-refractivity contribution in [2.45, 2.75) is 11.3 Å². The largest absolute Gasteiger partial charge is 0.301 e. The number of nitrogens with one attached hydrogen (secondary N) is 1. The summed E-state index contributed by atoms with van der Waals surface area (Å²) >= 11 is 2.89. The van der Waals surface area contributed by atoms with Crippen molar-refractivity contribution in [1.29, 1.82) is 0 Å². The minimum Gasteiger partial charge on any atom is -0.289 e. The third-order valence-corrected chi connectivity index (χ3v) is 2.88. The van der Waals surface area contributed by atoms with Crippen molar-refractivity contribution in [3.63, 3.8) is 0 Å². The van der Waals surface area contributed by atoms with Gasteiger partial charge in [-0.3, -0.25) is 10.1 Å². The van der Waals surface area contributed by atoms with Gasteiger partial charge in [0, 0.05) is 0 Å². The molecule has 1 N–H and O–H groups in total. The van der Waals surface area contributed by atoms with E-state index in [-0.39, 0.29) is 0 Å². The molecule has 0 atom stereocenters. The molecule has 1 aromatic heterocycles. The van der Waals surface area contributed by atoms with Gasteiger partial charge >= 0.3 is 5.91 Å². The van der Waals surface area contributed by atoms with Crippen LogP contribution in [-0.2, 0) is 4.79 Å². The average Bonchev–Trinajstić information content (AvgIpc) is 2.53. The van der Waals surface area contributed by atoms with Crippen molar-refractivity contribution in [3.8, 4) is 12.3 Å². The van der Waals surface area contributed by atoms with Crippen LogP contribution in [0.15, 0.2) is 4.34 Å². The van der Waals surface area contributed by atoms with E-state index in [0.717, 1.165) is 10.1 Å². The van der Waals surface area contributed by atoms with Gasteiger partial charge in [0.2, 0.25) is 5.13 Å². The van der Waals surface area contributed by atoms with Gasteiger partial charge in [-0.15, -0.1) is 16.6 Å². The number of aromatic nitrogens is 2. The molecule has 0 aliphatic carbocycles. The number of carbonyl (C=O) groups excluding carboxylic acids is 1. The monoisotopic (exact) mass is 213 g/mol. The Kier molecular flexibility index (Phi) is 3.73. The molecule has 68 valence electrons. The lowest BCUT2D eigenvalue weighted by molar-refractivity contribution is -0.111. The van der Waals surface area contributed by atoms with Crippen LogP contribution in [0.1, 0.15) is 6.92 Å². The minimum absolute atomic E-state index is 0.443. The van der Waals surface area contributed by atoms with Gasteiger partial charge in [-0.25, -0.2) is 0 Å². The van der Waals surface area contributed by atoms with E-state index in [0.29, 0.717) is 5.13 Å². The highest BCUT2D eigenvalue weighted by Crippen LogP contribution is 2.24. The molecule has 0 spiro atoms. The van der Waals surface area contributed by atoms with E-state index >= 15 is 0 Å². The summed E-state index contributed by atoms with van der Waals surface area (Å²) in [5.74, 6) is 2.37. The standard InChI is InChI=1S/C7H7N3OS2/c1-3-5(11)8-6-9-10-7(13-6)12-4-2/h1H,4H2,2H3,(H,8,9,11). The van der Waals surface area contributed by atoms with Gasteiger partial charge in [0.1, 0.15) is 0 Å². The smallest absolute Gasteiger partial charge is 0.289 e. The molecule has 0 radical (unpaired) electrons. The van der Waals surface area contributed by atoms with Crippen LogP contribution in [-0.4, -0.2) is 21.9 Å². The Hall–Kier alpha value is -1.06. The van der Waals surface area contributed by atoms with Gasteiger partial charge < -0.3 is 0 Å². The summed E-state index contributed by atoms with van der Waals surface area (Å²) in [5.41, 5.74) is 0. The molecule has 0 aliphatic heterocycles. The molecule has 0 saturated carbocycles. The molecule has 0 bridgehead atoms. The van der Waals surface area contributed by atoms with Crippen LogP contribution in [0.5, 0.6) is 0 Å². The van der Waals surface area contributed by atoms with E-state index in [2.05, 4.69) is 15.5 Å².